The molecule has 25 heavy (non-hydrogen) atoms. The predicted molar refractivity (Wildman–Crippen MR) is 93.8 cm³/mol. The highest BCUT2D eigenvalue weighted by Gasteiger charge is 2.22. The lowest BCUT2D eigenvalue weighted by Gasteiger charge is -2.26. The molecule has 0 aromatic heterocycles. The zero-order valence-corrected chi connectivity index (χ0v) is 14.4. The molecule has 0 radical (unpaired) electrons. The van der Waals surface area contributed by atoms with Crippen molar-refractivity contribution in [1.29, 1.82) is 0 Å². The Morgan fingerprint density at radius 1 is 1.16 bits per heavy atom. The molecule has 1 saturated heterocycles. The Kier molecular flexibility index (Phi) is 5.68. The molecule has 0 unspecified atom stereocenters. The molecule has 0 spiro atoms. The van der Waals surface area contributed by atoms with Crippen LogP contribution in [0.25, 0.3) is 0 Å². The van der Waals surface area contributed by atoms with E-state index in [-0.39, 0.29) is 24.3 Å². The van der Waals surface area contributed by atoms with E-state index in [4.69, 9.17) is 0 Å². The van der Waals surface area contributed by atoms with Crippen LogP contribution in [0.15, 0.2) is 24.3 Å². The SMILES string of the molecule is O=C(CC1CCCC1)NCc1ccc(C(=O)N2CCNC(=O)C2)cc1. The first-order valence-corrected chi connectivity index (χ1v) is 9.03. The van der Waals surface area contributed by atoms with Gasteiger partial charge in [-0.2, -0.15) is 0 Å². The first-order chi connectivity index (χ1) is 12.1. The standard InChI is InChI=1S/C19H25N3O3/c23-17(11-14-3-1-2-4-14)21-12-15-5-7-16(8-6-15)19(25)22-10-9-20-18(24)13-22/h5-8,14H,1-4,9-13H2,(H,20,24)(H,21,23). The second-order valence-electron chi connectivity index (χ2n) is 6.90. The number of piperazine rings is 1. The lowest BCUT2D eigenvalue weighted by Crippen LogP contribution is -2.49. The Morgan fingerprint density at radius 3 is 2.56 bits per heavy atom. The largest absolute Gasteiger partial charge is 0.353 e. The third kappa shape index (κ3) is 4.81. The number of rotatable bonds is 5. The Labute approximate surface area is 148 Å². The van der Waals surface area contributed by atoms with Gasteiger partial charge in [0.1, 0.15) is 0 Å². The van der Waals surface area contributed by atoms with Gasteiger partial charge in [0.2, 0.25) is 11.8 Å². The van der Waals surface area contributed by atoms with Crippen molar-refractivity contribution < 1.29 is 14.4 Å². The molecule has 1 heterocycles. The summed E-state index contributed by atoms with van der Waals surface area (Å²) in [5.41, 5.74) is 1.53. The molecule has 1 aromatic rings. The highest BCUT2D eigenvalue weighted by molar-refractivity contribution is 5.97. The monoisotopic (exact) mass is 343 g/mol. The average molecular weight is 343 g/mol. The number of amides is 3. The summed E-state index contributed by atoms with van der Waals surface area (Å²) in [4.78, 5) is 37.3. The van der Waals surface area contributed by atoms with Crippen LogP contribution >= 0.6 is 0 Å². The van der Waals surface area contributed by atoms with E-state index in [9.17, 15) is 14.4 Å². The maximum absolute atomic E-state index is 12.4. The summed E-state index contributed by atoms with van der Waals surface area (Å²) in [5.74, 6) is 0.390. The molecule has 1 saturated carbocycles. The van der Waals surface area contributed by atoms with Crippen molar-refractivity contribution in [1.82, 2.24) is 15.5 Å². The Balaban J connectivity index is 1.48. The van der Waals surface area contributed by atoms with Crippen molar-refractivity contribution in [3.8, 4) is 0 Å². The molecule has 6 heteroatoms. The lowest BCUT2D eigenvalue weighted by molar-refractivity contribution is -0.123. The summed E-state index contributed by atoms with van der Waals surface area (Å²) in [5, 5.41) is 5.66. The fourth-order valence-electron chi connectivity index (χ4n) is 3.51. The van der Waals surface area contributed by atoms with Gasteiger partial charge in [0.15, 0.2) is 0 Å². The first kappa shape index (κ1) is 17.5. The van der Waals surface area contributed by atoms with Crippen LogP contribution < -0.4 is 10.6 Å². The van der Waals surface area contributed by atoms with Gasteiger partial charge in [0.05, 0.1) is 6.54 Å². The first-order valence-electron chi connectivity index (χ1n) is 9.03. The quantitative estimate of drug-likeness (QED) is 0.849. The van der Waals surface area contributed by atoms with Gasteiger partial charge in [-0.1, -0.05) is 25.0 Å². The molecule has 134 valence electrons. The van der Waals surface area contributed by atoms with Gasteiger partial charge in [-0.05, 0) is 36.5 Å². The maximum atomic E-state index is 12.4. The molecule has 2 fully saturated rings. The molecule has 3 rings (SSSR count). The van der Waals surface area contributed by atoms with Gasteiger partial charge < -0.3 is 15.5 Å². The van der Waals surface area contributed by atoms with Gasteiger partial charge in [-0.25, -0.2) is 0 Å². The van der Waals surface area contributed by atoms with Gasteiger partial charge in [-0.15, -0.1) is 0 Å². The van der Waals surface area contributed by atoms with Crippen LogP contribution in [0.2, 0.25) is 0 Å². The van der Waals surface area contributed by atoms with Gasteiger partial charge in [0, 0.05) is 31.6 Å². The Hall–Kier alpha value is -2.37. The van der Waals surface area contributed by atoms with Crippen LogP contribution in [0.1, 0.15) is 48.0 Å². The van der Waals surface area contributed by atoms with Crippen molar-refractivity contribution in [2.75, 3.05) is 19.6 Å². The van der Waals surface area contributed by atoms with E-state index >= 15 is 0 Å². The Bertz CT molecular complexity index is 636. The summed E-state index contributed by atoms with van der Waals surface area (Å²) >= 11 is 0. The highest BCUT2D eigenvalue weighted by atomic mass is 16.2. The van der Waals surface area contributed by atoms with Crippen LogP contribution in [-0.4, -0.2) is 42.3 Å². The molecule has 2 N–H and O–H groups in total. The van der Waals surface area contributed by atoms with Crippen LogP contribution in [0, 0.1) is 5.92 Å². The molecule has 1 aliphatic carbocycles. The number of nitrogens with zero attached hydrogens (tertiary/aromatic N) is 1. The smallest absolute Gasteiger partial charge is 0.254 e. The fraction of sp³-hybridized carbons (Fsp3) is 0.526. The molecule has 1 aromatic carbocycles. The van der Waals surface area contributed by atoms with Crippen molar-refractivity contribution in [3.63, 3.8) is 0 Å². The van der Waals surface area contributed by atoms with E-state index in [0.717, 1.165) is 5.56 Å². The van der Waals surface area contributed by atoms with Gasteiger partial charge >= 0.3 is 0 Å². The summed E-state index contributed by atoms with van der Waals surface area (Å²) in [6.45, 7) is 1.61. The summed E-state index contributed by atoms with van der Waals surface area (Å²) in [7, 11) is 0. The molecule has 3 amide bonds. The molecule has 1 aliphatic heterocycles. The lowest BCUT2D eigenvalue weighted by atomic mass is 10.0. The minimum atomic E-state index is -0.133. The predicted octanol–water partition coefficient (Wildman–Crippen LogP) is 1.46. The minimum absolute atomic E-state index is 0.103. The number of carbonyl (C=O) groups excluding carboxylic acids is 3. The second-order valence-corrected chi connectivity index (χ2v) is 6.90. The Morgan fingerprint density at radius 2 is 1.88 bits per heavy atom. The van der Waals surface area contributed by atoms with Gasteiger partial charge in [-0.3, -0.25) is 14.4 Å². The van der Waals surface area contributed by atoms with Gasteiger partial charge in [0.25, 0.3) is 5.91 Å². The normalized spacial score (nSPS) is 18.1. The third-order valence-corrected chi connectivity index (χ3v) is 4.96. The van der Waals surface area contributed by atoms with Crippen LogP contribution in [0.4, 0.5) is 0 Å². The highest BCUT2D eigenvalue weighted by Crippen LogP contribution is 2.27. The zero-order valence-electron chi connectivity index (χ0n) is 14.4. The summed E-state index contributed by atoms with van der Waals surface area (Å²) in [6, 6.07) is 7.22. The second kappa shape index (κ2) is 8.14. The number of nitrogens with one attached hydrogen (secondary N) is 2. The van der Waals surface area contributed by atoms with E-state index in [2.05, 4.69) is 10.6 Å². The molecular formula is C19H25N3O3. The average Bonchev–Trinajstić information content (AvgIpc) is 3.13. The van der Waals surface area contributed by atoms with E-state index in [1.54, 1.807) is 17.0 Å². The van der Waals surface area contributed by atoms with E-state index in [1.807, 2.05) is 12.1 Å². The number of benzene rings is 1. The van der Waals surface area contributed by atoms with Crippen molar-refractivity contribution in [2.45, 2.75) is 38.6 Å². The van der Waals surface area contributed by atoms with Crippen LogP contribution in [-0.2, 0) is 16.1 Å². The summed E-state index contributed by atoms with van der Waals surface area (Å²) < 4.78 is 0. The topological polar surface area (TPSA) is 78.5 Å². The maximum Gasteiger partial charge on any atom is 0.254 e. The molecule has 0 bridgehead atoms. The number of hydrogen-bond acceptors (Lipinski definition) is 3. The molecular weight excluding hydrogens is 318 g/mol. The zero-order chi connectivity index (χ0) is 17.6. The van der Waals surface area contributed by atoms with E-state index in [0.29, 0.717) is 37.5 Å². The summed E-state index contributed by atoms with van der Waals surface area (Å²) in [6.07, 6.45) is 5.43. The third-order valence-electron chi connectivity index (χ3n) is 4.96. The van der Waals surface area contributed by atoms with E-state index < -0.39 is 0 Å². The van der Waals surface area contributed by atoms with E-state index in [1.165, 1.54) is 25.7 Å². The number of hydrogen-bond donors (Lipinski definition) is 2. The van der Waals surface area contributed by atoms with Crippen LogP contribution in [0.3, 0.4) is 0 Å². The van der Waals surface area contributed by atoms with Crippen molar-refractivity contribution in [2.24, 2.45) is 5.92 Å². The van der Waals surface area contributed by atoms with Crippen LogP contribution in [0.5, 0.6) is 0 Å². The number of carbonyl (C=O) groups is 3. The fourth-order valence-corrected chi connectivity index (χ4v) is 3.51. The minimum Gasteiger partial charge on any atom is -0.353 e. The molecule has 0 atom stereocenters. The molecule has 6 nitrogen and oxygen atoms in total. The van der Waals surface area contributed by atoms with Crippen molar-refractivity contribution >= 4 is 17.7 Å². The van der Waals surface area contributed by atoms with Crippen molar-refractivity contribution in [3.05, 3.63) is 35.4 Å². The molecule has 2 aliphatic rings.